The molecule has 1 N–H and O–H groups in total. The Hall–Kier alpha value is -2.35. The molecular formula is C16H19F3N4O. The third-order valence-corrected chi connectivity index (χ3v) is 3.70. The van der Waals surface area contributed by atoms with Gasteiger partial charge in [0.25, 0.3) is 0 Å². The average molecular weight is 340 g/mol. The van der Waals surface area contributed by atoms with E-state index in [2.05, 4.69) is 10.4 Å². The van der Waals surface area contributed by atoms with Gasteiger partial charge >= 0.3 is 6.18 Å². The van der Waals surface area contributed by atoms with Crippen LogP contribution in [0.2, 0.25) is 0 Å². The van der Waals surface area contributed by atoms with E-state index in [0.29, 0.717) is 6.54 Å². The van der Waals surface area contributed by atoms with Crippen LogP contribution in [0.3, 0.4) is 0 Å². The lowest BCUT2D eigenvalue weighted by atomic mass is 10.1. The Morgan fingerprint density at radius 2 is 2.00 bits per heavy atom. The minimum atomic E-state index is -4.51. The van der Waals surface area contributed by atoms with Crippen molar-refractivity contribution in [2.24, 2.45) is 7.05 Å². The van der Waals surface area contributed by atoms with Crippen LogP contribution in [-0.2, 0) is 24.6 Å². The number of anilines is 1. The lowest BCUT2D eigenvalue weighted by Gasteiger charge is -2.18. The highest BCUT2D eigenvalue weighted by molar-refractivity contribution is 5.93. The van der Waals surface area contributed by atoms with Gasteiger partial charge < -0.3 is 5.32 Å². The summed E-state index contributed by atoms with van der Waals surface area (Å²) < 4.78 is 40.5. The fourth-order valence-corrected chi connectivity index (χ4v) is 2.32. The van der Waals surface area contributed by atoms with Crippen molar-refractivity contribution < 1.29 is 18.0 Å². The van der Waals surface area contributed by atoms with Crippen LogP contribution >= 0.6 is 0 Å². The van der Waals surface area contributed by atoms with E-state index >= 15 is 0 Å². The molecule has 5 nitrogen and oxygen atoms in total. The Balaban J connectivity index is 2.00. The number of aryl methyl sites for hydroxylation is 1. The molecule has 0 fully saturated rings. The smallest absolute Gasteiger partial charge is 0.324 e. The summed E-state index contributed by atoms with van der Waals surface area (Å²) in [7, 11) is 3.54. The van der Waals surface area contributed by atoms with Gasteiger partial charge in [0.1, 0.15) is 0 Å². The SMILES string of the molecule is Cc1c(CN(C)CC(=O)Nc2ccccc2C(F)(F)F)cnn1C. The van der Waals surface area contributed by atoms with Crippen LogP contribution < -0.4 is 5.32 Å². The van der Waals surface area contributed by atoms with Crippen molar-refractivity contribution in [2.75, 3.05) is 18.9 Å². The minimum absolute atomic E-state index is 0.0273. The summed E-state index contributed by atoms with van der Waals surface area (Å²) in [5.41, 5.74) is 0.846. The van der Waals surface area contributed by atoms with Crippen LogP contribution in [0.5, 0.6) is 0 Å². The van der Waals surface area contributed by atoms with Crippen LogP contribution in [0.25, 0.3) is 0 Å². The molecule has 2 rings (SSSR count). The number of hydrogen-bond donors (Lipinski definition) is 1. The number of amides is 1. The summed E-state index contributed by atoms with van der Waals surface area (Å²) in [6, 6.07) is 4.92. The molecule has 1 amide bonds. The summed E-state index contributed by atoms with van der Waals surface area (Å²) in [5.74, 6) is -0.504. The van der Waals surface area contributed by atoms with Gasteiger partial charge in [-0.3, -0.25) is 14.4 Å². The summed E-state index contributed by atoms with van der Waals surface area (Å²) >= 11 is 0. The van der Waals surface area contributed by atoms with Crippen LogP contribution in [0, 0.1) is 6.92 Å². The molecule has 8 heteroatoms. The van der Waals surface area contributed by atoms with Gasteiger partial charge in [0.15, 0.2) is 0 Å². The summed E-state index contributed by atoms with van der Waals surface area (Å²) in [6.07, 6.45) is -2.80. The van der Waals surface area contributed by atoms with Gasteiger partial charge in [-0.15, -0.1) is 0 Å². The second-order valence-electron chi connectivity index (χ2n) is 5.64. The molecule has 2 aromatic rings. The zero-order chi connectivity index (χ0) is 17.9. The highest BCUT2D eigenvalue weighted by Crippen LogP contribution is 2.34. The number of rotatable bonds is 5. The number of likely N-dealkylation sites (N-methyl/N-ethyl adjacent to an activating group) is 1. The van der Waals surface area contributed by atoms with Crippen molar-refractivity contribution in [3.8, 4) is 0 Å². The summed E-state index contributed by atoms with van der Waals surface area (Å²) in [4.78, 5) is 13.8. The van der Waals surface area contributed by atoms with Crippen LogP contribution in [0.15, 0.2) is 30.5 Å². The van der Waals surface area contributed by atoms with Crippen molar-refractivity contribution in [3.63, 3.8) is 0 Å². The van der Waals surface area contributed by atoms with Gasteiger partial charge in [0, 0.05) is 24.8 Å². The molecule has 24 heavy (non-hydrogen) atoms. The van der Waals surface area contributed by atoms with Crippen molar-refractivity contribution in [3.05, 3.63) is 47.3 Å². The molecule has 1 heterocycles. The van der Waals surface area contributed by atoms with E-state index in [4.69, 9.17) is 0 Å². The first-order valence-electron chi connectivity index (χ1n) is 7.30. The molecule has 0 bridgehead atoms. The number of alkyl halides is 3. The number of hydrogen-bond acceptors (Lipinski definition) is 3. The fraction of sp³-hybridized carbons (Fsp3) is 0.375. The maximum absolute atomic E-state index is 12.9. The van der Waals surface area contributed by atoms with Crippen LogP contribution in [-0.4, -0.2) is 34.2 Å². The maximum atomic E-state index is 12.9. The van der Waals surface area contributed by atoms with Gasteiger partial charge in [-0.1, -0.05) is 12.1 Å². The van der Waals surface area contributed by atoms with Crippen molar-refractivity contribution in [1.82, 2.24) is 14.7 Å². The lowest BCUT2D eigenvalue weighted by Crippen LogP contribution is -2.30. The van der Waals surface area contributed by atoms with E-state index < -0.39 is 17.6 Å². The van der Waals surface area contributed by atoms with Crippen LogP contribution in [0.1, 0.15) is 16.8 Å². The highest BCUT2D eigenvalue weighted by atomic mass is 19.4. The van der Waals surface area contributed by atoms with E-state index in [0.717, 1.165) is 17.3 Å². The fourth-order valence-electron chi connectivity index (χ4n) is 2.32. The molecule has 1 aromatic carbocycles. The Bertz CT molecular complexity index is 724. The van der Waals surface area contributed by atoms with Crippen molar-refractivity contribution in [2.45, 2.75) is 19.6 Å². The Morgan fingerprint density at radius 3 is 2.58 bits per heavy atom. The molecule has 0 radical (unpaired) electrons. The number of carbonyl (C=O) groups is 1. The molecule has 0 aliphatic carbocycles. The van der Waals surface area contributed by atoms with Gasteiger partial charge in [0.2, 0.25) is 5.91 Å². The van der Waals surface area contributed by atoms with E-state index in [1.165, 1.54) is 18.2 Å². The normalized spacial score (nSPS) is 11.8. The molecule has 0 atom stereocenters. The second-order valence-corrected chi connectivity index (χ2v) is 5.64. The van der Waals surface area contributed by atoms with Gasteiger partial charge in [-0.25, -0.2) is 0 Å². The first kappa shape index (κ1) is 18.0. The standard InChI is InChI=1S/C16H19F3N4O/c1-11-12(8-20-23(11)3)9-22(2)10-15(24)21-14-7-5-4-6-13(14)16(17,18)19/h4-8H,9-10H2,1-3H3,(H,21,24). The topological polar surface area (TPSA) is 50.2 Å². The number of aromatic nitrogens is 2. The lowest BCUT2D eigenvalue weighted by molar-refractivity contribution is -0.137. The molecule has 0 saturated carbocycles. The number of carbonyl (C=O) groups excluding carboxylic acids is 1. The monoisotopic (exact) mass is 340 g/mol. The van der Waals surface area contributed by atoms with Gasteiger partial charge in [0.05, 0.1) is 24.0 Å². The summed E-state index contributed by atoms with van der Waals surface area (Å²) in [5, 5.41) is 6.45. The molecule has 0 saturated heterocycles. The zero-order valence-corrected chi connectivity index (χ0v) is 13.7. The molecule has 130 valence electrons. The van der Waals surface area contributed by atoms with Crippen molar-refractivity contribution in [1.29, 1.82) is 0 Å². The van der Waals surface area contributed by atoms with Gasteiger partial charge in [-0.05, 0) is 26.1 Å². The second kappa shape index (κ2) is 7.04. The molecule has 0 aliphatic rings. The molecule has 0 spiro atoms. The average Bonchev–Trinajstić information content (AvgIpc) is 2.78. The molecule has 0 aliphatic heterocycles. The molecule has 1 aromatic heterocycles. The zero-order valence-electron chi connectivity index (χ0n) is 13.7. The predicted octanol–water partition coefficient (Wildman–Crippen LogP) is 2.82. The summed E-state index contributed by atoms with van der Waals surface area (Å²) in [6.45, 7) is 2.37. The van der Waals surface area contributed by atoms with E-state index in [1.54, 1.807) is 22.8 Å². The molecular weight excluding hydrogens is 321 g/mol. The largest absolute Gasteiger partial charge is 0.418 e. The predicted molar refractivity (Wildman–Crippen MR) is 84.4 cm³/mol. The number of para-hydroxylation sites is 1. The Kier molecular flexibility index (Phi) is 5.28. The van der Waals surface area contributed by atoms with E-state index in [1.807, 2.05) is 14.0 Å². The quantitative estimate of drug-likeness (QED) is 0.911. The third kappa shape index (κ3) is 4.35. The van der Waals surface area contributed by atoms with Gasteiger partial charge in [-0.2, -0.15) is 18.3 Å². The Morgan fingerprint density at radius 1 is 1.33 bits per heavy atom. The first-order valence-corrected chi connectivity index (χ1v) is 7.30. The number of nitrogens with one attached hydrogen (secondary N) is 1. The third-order valence-electron chi connectivity index (χ3n) is 3.70. The Labute approximate surface area is 138 Å². The molecule has 0 unspecified atom stereocenters. The van der Waals surface area contributed by atoms with E-state index in [-0.39, 0.29) is 12.2 Å². The first-order chi connectivity index (χ1) is 11.2. The highest BCUT2D eigenvalue weighted by Gasteiger charge is 2.33. The maximum Gasteiger partial charge on any atom is 0.418 e. The number of benzene rings is 1. The van der Waals surface area contributed by atoms with Crippen molar-refractivity contribution >= 4 is 11.6 Å². The van der Waals surface area contributed by atoms with Crippen LogP contribution in [0.4, 0.5) is 18.9 Å². The number of halogens is 3. The van der Waals surface area contributed by atoms with E-state index in [9.17, 15) is 18.0 Å². The number of nitrogens with zero attached hydrogens (tertiary/aromatic N) is 3. The minimum Gasteiger partial charge on any atom is -0.324 e.